The van der Waals surface area contributed by atoms with E-state index in [0.29, 0.717) is 0 Å². The number of rotatable bonds is 5. The first-order valence-electron chi connectivity index (χ1n) is 5.18. The van der Waals surface area contributed by atoms with E-state index < -0.39 is 0 Å². The molecule has 0 fully saturated rings. The van der Waals surface area contributed by atoms with E-state index in [9.17, 15) is 0 Å². The molecule has 0 saturated carbocycles. The van der Waals surface area contributed by atoms with Crippen LogP contribution in [0.5, 0.6) is 0 Å². The van der Waals surface area contributed by atoms with Crippen LogP contribution in [-0.2, 0) is 0 Å². The SMILES string of the molecule is C=Cc1ccccc1C(=C)C(=C)/C=C\C(=C)Br. The zero-order valence-electron chi connectivity index (χ0n) is 9.75. The Bertz CT molecular complexity index is 504. The Balaban J connectivity index is 3.00. The second-order valence-electron chi connectivity index (χ2n) is 3.58. The number of benzene rings is 1. The number of hydrogen-bond acceptors (Lipinski definition) is 0. The van der Waals surface area contributed by atoms with E-state index in [-0.39, 0.29) is 0 Å². The van der Waals surface area contributed by atoms with Crippen molar-refractivity contribution in [2.45, 2.75) is 0 Å². The summed E-state index contributed by atoms with van der Waals surface area (Å²) < 4.78 is 0.809. The standard InChI is InChI=1S/C16H15Br/c1-5-15-8-6-7-9-16(15)14(4)12(2)10-11-13(3)17/h5-11H,1-4H2/b11-10-. The Morgan fingerprint density at radius 3 is 2.29 bits per heavy atom. The largest absolute Gasteiger partial charge is 0.0984 e. The first kappa shape index (κ1) is 13.5. The molecule has 0 N–H and O–H groups in total. The van der Waals surface area contributed by atoms with Gasteiger partial charge in [0.25, 0.3) is 0 Å². The lowest BCUT2D eigenvalue weighted by Gasteiger charge is -2.09. The number of allylic oxidation sites excluding steroid dienone is 5. The van der Waals surface area contributed by atoms with Crippen LogP contribution in [0.25, 0.3) is 11.6 Å². The van der Waals surface area contributed by atoms with E-state index in [4.69, 9.17) is 0 Å². The monoisotopic (exact) mass is 286 g/mol. The summed E-state index contributed by atoms with van der Waals surface area (Å²) in [6.45, 7) is 15.6. The van der Waals surface area contributed by atoms with Gasteiger partial charge < -0.3 is 0 Å². The van der Waals surface area contributed by atoms with E-state index in [1.54, 1.807) is 0 Å². The Morgan fingerprint density at radius 1 is 1.06 bits per heavy atom. The molecule has 0 aliphatic heterocycles. The molecule has 86 valence electrons. The van der Waals surface area contributed by atoms with Crippen molar-refractivity contribution in [2.75, 3.05) is 0 Å². The second-order valence-corrected chi connectivity index (χ2v) is 4.59. The van der Waals surface area contributed by atoms with Crippen LogP contribution >= 0.6 is 15.9 Å². The third kappa shape index (κ3) is 3.72. The van der Waals surface area contributed by atoms with Crippen LogP contribution < -0.4 is 0 Å². The van der Waals surface area contributed by atoms with Crippen molar-refractivity contribution in [3.05, 3.63) is 83.9 Å². The molecule has 0 bridgehead atoms. The molecule has 0 unspecified atom stereocenters. The van der Waals surface area contributed by atoms with Crippen LogP contribution in [0.15, 0.2) is 72.8 Å². The van der Waals surface area contributed by atoms with E-state index in [1.165, 1.54) is 0 Å². The van der Waals surface area contributed by atoms with Gasteiger partial charge in [0.15, 0.2) is 0 Å². The van der Waals surface area contributed by atoms with E-state index in [0.717, 1.165) is 26.8 Å². The first-order valence-corrected chi connectivity index (χ1v) is 5.98. The minimum Gasteiger partial charge on any atom is -0.0984 e. The van der Waals surface area contributed by atoms with Crippen molar-refractivity contribution in [1.29, 1.82) is 0 Å². The topological polar surface area (TPSA) is 0 Å². The van der Waals surface area contributed by atoms with Crippen LogP contribution in [0.3, 0.4) is 0 Å². The fourth-order valence-corrected chi connectivity index (χ4v) is 1.55. The van der Waals surface area contributed by atoms with Gasteiger partial charge in [-0.1, -0.05) is 78.7 Å². The average Bonchev–Trinajstić information content (AvgIpc) is 2.34. The van der Waals surface area contributed by atoms with Crippen LogP contribution in [0.4, 0.5) is 0 Å². The molecule has 1 aromatic rings. The van der Waals surface area contributed by atoms with Crippen LogP contribution in [0.1, 0.15) is 11.1 Å². The average molecular weight is 287 g/mol. The molecule has 0 aliphatic rings. The van der Waals surface area contributed by atoms with Gasteiger partial charge in [-0.25, -0.2) is 0 Å². The molecule has 0 aromatic heterocycles. The number of halogens is 1. The summed E-state index contributed by atoms with van der Waals surface area (Å²) in [6, 6.07) is 7.98. The molecule has 0 aliphatic carbocycles. The van der Waals surface area contributed by atoms with E-state index >= 15 is 0 Å². The van der Waals surface area contributed by atoms with Crippen molar-refractivity contribution < 1.29 is 0 Å². The van der Waals surface area contributed by atoms with E-state index in [1.807, 2.05) is 42.5 Å². The van der Waals surface area contributed by atoms with Gasteiger partial charge in [0.1, 0.15) is 0 Å². The van der Waals surface area contributed by atoms with Crippen molar-refractivity contribution in [2.24, 2.45) is 0 Å². The maximum Gasteiger partial charge on any atom is 0.0103 e. The molecule has 1 rings (SSSR count). The van der Waals surface area contributed by atoms with Gasteiger partial charge in [0.05, 0.1) is 0 Å². The molecule has 0 heterocycles. The third-order valence-electron chi connectivity index (χ3n) is 2.36. The molecular weight excluding hydrogens is 272 g/mol. The van der Waals surface area contributed by atoms with Gasteiger partial charge in [0, 0.05) is 4.48 Å². The highest BCUT2D eigenvalue weighted by Crippen LogP contribution is 2.25. The maximum absolute atomic E-state index is 4.07. The lowest BCUT2D eigenvalue weighted by atomic mass is 9.96. The van der Waals surface area contributed by atoms with Gasteiger partial charge in [-0.05, 0) is 28.3 Å². The van der Waals surface area contributed by atoms with Gasteiger partial charge in [-0.15, -0.1) is 0 Å². The summed E-state index contributed by atoms with van der Waals surface area (Å²) in [5, 5.41) is 0. The quantitative estimate of drug-likeness (QED) is 0.639. The Labute approximate surface area is 112 Å². The minimum atomic E-state index is 0.809. The summed E-state index contributed by atoms with van der Waals surface area (Å²) in [5.74, 6) is 0. The number of hydrogen-bond donors (Lipinski definition) is 0. The van der Waals surface area contributed by atoms with Crippen molar-refractivity contribution in [3.8, 4) is 0 Å². The minimum absolute atomic E-state index is 0.809. The first-order chi connectivity index (χ1) is 8.06. The van der Waals surface area contributed by atoms with Gasteiger partial charge in [-0.2, -0.15) is 0 Å². The predicted molar refractivity (Wildman–Crippen MR) is 81.9 cm³/mol. The predicted octanol–water partition coefficient (Wildman–Crippen LogP) is 5.36. The smallest absolute Gasteiger partial charge is 0.0103 e. The molecule has 0 saturated heterocycles. The summed E-state index contributed by atoms with van der Waals surface area (Å²) in [4.78, 5) is 0. The Hall–Kier alpha value is -1.60. The summed E-state index contributed by atoms with van der Waals surface area (Å²) in [7, 11) is 0. The summed E-state index contributed by atoms with van der Waals surface area (Å²) >= 11 is 3.27. The maximum atomic E-state index is 4.07. The molecule has 1 heteroatoms. The normalized spacial score (nSPS) is 10.2. The van der Waals surface area contributed by atoms with Crippen molar-refractivity contribution >= 4 is 27.6 Å². The molecule has 0 atom stereocenters. The van der Waals surface area contributed by atoms with Crippen molar-refractivity contribution in [3.63, 3.8) is 0 Å². The lowest BCUT2D eigenvalue weighted by Crippen LogP contribution is -1.88. The highest BCUT2D eigenvalue weighted by Gasteiger charge is 2.04. The summed E-state index contributed by atoms with van der Waals surface area (Å²) in [6.07, 6.45) is 5.56. The van der Waals surface area contributed by atoms with Crippen LogP contribution in [0.2, 0.25) is 0 Å². The molecule has 0 amide bonds. The van der Waals surface area contributed by atoms with Gasteiger partial charge in [0.2, 0.25) is 0 Å². The molecule has 0 nitrogen and oxygen atoms in total. The molecule has 0 radical (unpaired) electrons. The Morgan fingerprint density at radius 2 is 1.71 bits per heavy atom. The van der Waals surface area contributed by atoms with Gasteiger partial charge >= 0.3 is 0 Å². The highest BCUT2D eigenvalue weighted by atomic mass is 79.9. The summed E-state index contributed by atoms with van der Waals surface area (Å²) in [5.41, 5.74) is 3.87. The van der Waals surface area contributed by atoms with Crippen LogP contribution in [-0.4, -0.2) is 0 Å². The zero-order chi connectivity index (χ0) is 12.8. The van der Waals surface area contributed by atoms with Gasteiger partial charge in [-0.3, -0.25) is 0 Å². The van der Waals surface area contributed by atoms with Crippen molar-refractivity contribution in [1.82, 2.24) is 0 Å². The fraction of sp³-hybridized carbons (Fsp3) is 0. The zero-order valence-corrected chi connectivity index (χ0v) is 11.3. The fourth-order valence-electron chi connectivity index (χ4n) is 1.41. The third-order valence-corrected chi connectivity index (χ3v) is 2.62. The molecule has 1 aromatic carbocycles. The molecule has 0 spiro atoms. The Kier molecular flexibility index (Phi) is 4.92. The second kappa shape index (κ2) is 6.21. The van der Waals surface area contributed by atoms with E-state index in [2.05, 4.69) is 42.2 Å². The molecular formula is C16H15Br. The lowest BCUT2D eigenvalue weighted by molar-refractivity contribution is 1.56. The van der Waals surface area contributed by atoms with Crippen LogP contribution in [0, 0.1) is 0 Å². The highest BCUT2D eigenvalue weighted by molar-refractivity contribution is 9.11. The molecule has 17 heavy (non-hydrogen) atoms.